The molecule has 726 valence electrons. The van der Waals surface area contributed by atoms with Crippen molar-refractivity contribution in [1.82, 2.24) is 96.0 Å². The Bertz CT molecular complexity index is 7760. The number of aryl methyl sites for hydroxylation is 12. The maximum absolute atomic E-state index is 13.3. The number of ether oxygens (including phenoxy) is 1. The van der Waals surface area contributed by atoms with Crippen LogP contribution in [0.5, 0.6) is 5.75 Å². The number of carbonyl (C=O) groups excluding carboxylic acids is 5. The Labute approximate surface area is 830 Å². The molecule has 3 aromatic carbocycles. The molecule has 16 aromatic rings. The van der Waals surface area contributed by atoms with Crippen LogP contribution in [0.15, 0.2) is 126 Å². The Morgan fingerprint density at radius 1 is 0.454 bits per heavy atom. The van der Waals surface area contributed by atoms with E-state index in [4.69, 9.17) is 35.1 Å². The Morgan fingerprint density at radius 2 is 0.837 bits per heavy atom. The van der Waals surface area contributed by atoms with Crippen LogP contribution in [0.1, 0.15) is 140 Å². The van der Waals surface area contributed by atoms with E-state index in [0.717, 1.165) is 174 Å². The number of fused-ring (bicyclic) bond motifs is 8. The summed E-state index contributed by atoms with van der Waals surface area (Å²) in [5.74, 6) is 4.77. The van der Waals surface area contributed by atoms with Gasteiger partial charge in [0, 0.05) is 153 Å². The van der Waals surface area contributed by atoms with E-state index in [9.17, 15) is 41.2 Å². The average molecular weight is 2010 g/mol. The van der Waals surface area contributed by atoms with E-state index in [0.29, 0.717) is 121 Å². The van der Waals surface area contributed by atoms with Crippen molar-refractivity contribution < 1.29 is 45.9 Å². The molecule has 5 amide bonds. The lowest BCUT2D eigenvalue weighted by Gasteiger charge is -2.39. The smallest absolute Gasteiger partial charge is 0.394 e. The predicted octanol–water partition coefficient (Wildman–Crippen LogP) is 14.5. The van der Waals surface area contributed by atoms with Gasteiger partial charge in [-0.25, -0.2) is 23.1 Å². The van der Waals surface area contributed by atoms with Crippen molar-refractivity contribution in [2.75, 3.05) is 104 Å². The van der Waals surface area contributed by atoms with Gasteiger partial charge in [0.25, 0.3) is 29.5 Å². The first-order valence-electron chi connectivity index (χ1n) is 45.2. The highest BCUT2D eigenvalue weighted by Gasteiger charge is 2.46. The molecule has 0 spiro atoms. The number of anilines is 7. The molecule has 0 aliphatic carbocycles. The lowest BCUT2D eigenvalue weighted by molar-refractivity contribution is -0.159. The van der Waals surface area contributed by atoms with E-state index in [2.05, 4.69) is 114 Å². The highest BCUT2D eigenvalue weighted by atomic mass is 32.2. The van der Waals surface area contributed by atoms with Crippen molar-refractivity contribution in [3.05, 3.63) is 230 Å². The number of thiophene rings is 5. The number of sulfonamides is 1. The second kappa shape index (κ2) is 40.1. The molecule has 42 heteroatoms. The second-order valence-electron chi connectivity index (χ2n) is 35.9. The molecule has 5 aliphatic rings. The van der Waals surface area contributed by atoms with Gasteiger partial charge in [0.05, 0.1) is 85.2 Å². The largest absolute Gasteiger partial charge is 0.433 e. The zero-order valence-corrected chi connectivity index (χ0v) is 84.3. The molecule has 5 saturated heterocycles. The van der Waals surface area contributed by atoms with E-state index in [1.807, 2.05) is 142 Å². The van der Waals surface area contributed by atoms with Crippen LogP contribution in [0.2, 0.25) is 0 Å². The van der Waals surface area contributed by atoms with Crippen LogP contribution in [0.4, 0.5) is 48.7 Å². The number of benzene rings is 3. The lowest BCUT2D eigenvalue weighted by Crippen LogP contribution is -2.60. The SMILES string of the molecule is C#Cc1ccc(N2CC3CN(C(=O)c4sc5nnc(C)c(C)c5c4N)CC3C2)cn1.Cc1ccc(CNC(=O)c2sc3nnc(C)c(C)c3c2N)cc1.Cc1cccc(N2CC3CN(C(=O)c4sc5nnc(C)c(C)c5c4N)CC3C2)n1.Cc1nnc2sc(C(=O)N3CC(NS(=O)(=O)c4cccc5ncccc45)C3)c(N)c2c1C.Cc1nnc2sc(C(=O)NCc3ccc(OC(C)(F)F)cc3)c(N)c2c1C. The van der Waals surface area contributed by atoms with Gasteiger partial charge in [-0.1, -0.05) is 60.0 Å². The molecule has 4 atom stereocenters. The number of pyridine rings is 3. The van der Waals surface area contributed by atoms with Crippen molar-refractivity contribution in [1.29, 1.82) is 0 Å². The Balaban J connectivity index is 0.000000122. The van der Waals surface area contributed by atoms with Gasteiger partial charge in [0.1, 0.15) is 65.8 Å². The number of nitrogen functional groups attached to an aromatic ring is 5. The first-order valence-corrected chi connectivity index (χ1v) is 50.8. The molecule has 0 bridgehead atoms. The van der Waals surface area contributed by atoms with Crippen LogP contribution in [-0.4, -0.2) is 196 Å². The lowest BCUT2D eigenvalue weighted by atomic mass is 10.0. The highest BCUT2D eigenvalue weighted by molar-refractivity contribution is 7.89. The van der Waals surface area contributed by atoms with Crippen molar-refractivity contribution in [2.24, 2.45) is 23.7 Å². The fourth-order valence-electron chi connectivity index (χ4n) is 18.0. The molecular formula is C99H102F2N26O8S6. The molecule has 34 nitrogen and oxygen atoms in total. The number of halogens is 2. The highest BCUT2D eigenvalue weighted by Crippen LogP contribution is 2.45. The van der Waals surface area contributed by atoms with Crippen LogP contribution in [0.25, 0.3) is 62.0 Å². The number of likely N-dealkylation sites (tertiary alicyclic amines) is 3. The number of terminal acetylenes is 1. The van der Waals surface area contributed by atoms with E-state index >= 15 is 0 Å². The molecule has 5 fully saturated rings. The van der Waals surface area contributed by atoms with Gasteiger partial charge in [-0.15, -0.1) is 88.6 Å². The van der Waals surface area contributed by atoms with Crippen LogP contribution in [0, 0.1) is 119 Å². The summed E-state index contributed by atoms with van der Waals surface area (Å²) < 4.78 is 58.8. The molecule has 13 N–H and O–H groups in total. The second-order valence-corrected chi connectivity index (χ2v) is 42.6. The minimum Gasteiger partial charge on any atom is -0.433 e. The van der Waals surface area contributed by atoms with Crippen molar-refractivity contribution in [2.45, 2.75) is 120 Å². The summed E-state index contributed by atoms with van der Waals surface area (Å²) in [5.41, 5.74) is 48.9. The Kier molecular flexibility index (Phi) is 27.9. The summed E-state index contributed by atoms with van der Waals surface area (Å²) >= 11 is 6.38. The van der Waals surface area contributed by atoms with E-state index < -0.39 is 16.1 Å². The fourth-order valence-corrected chi connectivity index (χ4v) is 24.6. The molecule has 141 heavy (non-hydrogen) atoms. The summed E-state index contributed by atoms with van der Waals surface area (Å²) in [6.45, 7) is 31.8. The first-order chi connectivity index (χ1) is 67.3. The number of aromatic nitrogens is 13. The molecule has 0 saturated carbocycles. The fraction of sp³-hybridized carbons (Fsp3) is 0.313. The Hall–Kier alpha value is -14.4. The van der Waals surface area contributed by atoms with Crippen LogP contribution >= 0.6 is 56.7 Å². The van der Waals surface area contributed by atoms with Gasteiger partial charge in [-0.3, -0.25) is 29.0 Å². The minimum absolute atomic E-state index is 0.00791. The quantitative estimate of drug-likeness (QED) is 0.0416. The summed E-state index contributed by atoms with van der Waals surface area (Å²) in [6.07, 6.45) is 5.61. The van der Waals surface area contributed by atoms with E-state index in [-0.39, 0.29) is 65.9 Å². The predicted molar refractivity (Wildman–Crippen MR) is 551 cm³/mol. The van der Waals surface area contributed by atoms with Crippen molar-refractivity contribution >= 4 is 198 Å². The third-order valence-electron chi connectivity index (χ3n) is 26.3. The number of rotatable bonds is 16. The zero-order chi connectivity index (χ0) is 100. The number of hydrogen-bond acceptors (Lipinski definition) is 33. The van der Waals surface area contributed by atoms with Gasteiger partial charge in [-0.2, -0.15) is 34.3 Å². The molecule has 4 unspecified atom stereocenters. The topological polar surface area (TPSA) is 479 Å². The number of alkyl halides is 2. The Morgan fingerprint density at radius 3 is 1.23 bits per heavy atom. The van der Waals surface area contributed by atoms with Crippen molar-refractivity contribution in [3.63, 3.8) is 0 Å². The van der Waals surface area contributed by atoms with Gasteiger partial charge in [0.15, 0.2) is 0 Å². The third-order valence-corrected chi connectivity index (χ3v) is 33.3. The van der Waals surface area contributed by atoms with Gasteiger partial charge >= 0.3 is 6.11 Å². The molecule has 18 heterocycles. The summed E-state index contributed by atoms with van der Waals surface area (Å²) in [5, 5.41) is 51.8. The summed E-state index contributed by atoms with van der Waals surface area (Å²) in [6, 6.07) is 32.2. The summed E-state index contributed by atoms with van der Waals surface area (Å²) in [4.78, 5) is 93.8. The van der Waals surface area contributed by atoms with Gasteiger partial charge in [-0.05, 0) is 183 Å². The molecule has 5 aliphatic heterocycles. The van der Waals surface area contributed by atoms with Crippen LogP contribution < -0.4 is 58.6 Å². The van der Waals surface area contributed by atoms with E-state index in [1.165, 1.54) is 74.4 Å². The number of nitrogens with zero attached hydrogens (tertiary/aromatic N) is 18. The van der Waals surface area contributed by atoms with E-state index in [1.54, 1.807) is 53.6 Å². The maximum atomic E-state index is 13.3. The maximum Gasteiger partial charge on any atom is 0.394 e. The first kappa shape index (κ1) is 98.3. The van der Waals surface area contributed by atoms with Crippen molar-refractivity contribution in [3.8, 4) is 18.1 Å². The average Bonchev–Trinajstić information content (AvgIpc) is 1.72. The minimum atomic E-state index is -3.77. The van der Waals surface area contributed by atoms with Crippen LogP contribution in [-0.2, 0) is 23.1 Å². The summed E-state index contributed by atoms with van der Waals surface area (Å²) in [7, 11) is -3.77. The molecule has 21 rings (SSSR count). The monoisotopic (exact) mass is 2010 g/mol. The molecular weight excluding hydrogens is 1910 g/mol. The number of carbonyl (C=O) groups is 5. The normalized spacial score (nSPS) is 16.1. The molecule has 13 aromatic heterocycles. The number of nitrogens with one attached hydrogen (secondary N) is 3. The standard InChI is InChI=1S/C22H22N6OS.C21H20N6O3S2.C21H24N6OS.C18H18F2N4O2S.C17H18N4OS/c1-4-16-5-6-17(7-24-16)27-8-14-10-28(11-15(14)9-27)22(29)20-19(23)18-12(2)13(3)25-26-21(18)30-20;1-11-12(2)24-25-20-17(11)18(22)19(31-20)21(28)27-9-13(10-27)26-32(29,30)16-7-3-6-15-14(16)5-4-8-23-15;1-11-5-4-6-16(23-11)26-7-14-9-27(10-15(14)8-26)21(28)19-18(22)17-12(2)13(3)24-25-20(17)29-19;1-9-10(2)23-24-17-13(9)14(21)15(27-17)16(25)22-8-11-4-6-12(7-5-11)26-18(3,19)20;1-9-4-6-12(7-5-9)8-19-16(22)15-14(18)13-10(2)11(3)20-21-17(13)23-15/h1,5-7,14-15H,8-11,23H2,2-3H3;3-8,13,26H,9-10,22H2,1-2H3;4-6,14-15H,7-10,22H2,1-3H3;4-7H,8,21H2,1-3H3,(H,22,25);4-7H,8,18H2,1-3H3,(H,19,22). The zero-order valence-electron chi connectivity index (χ0n) is 79.4. The van der Waals surface area contributed by atoms with Crippen LogP contribution in [0.3, 0.4) is 0 Å². The third kappa shape index (κ3) is 20.3. The number of nitrogens with two attached hydrogens (primary N) is 5. The number of amides is 5. The number of hydrogen-bond donors (Lipinski definition) is 8. The van der Waals surface area contributed by atoms with Gasteiger partial charge < -0.3 is 68.5 Å². The molecule has 0 radical (unpaired) electrons. The van der Waals surface area contributed by atoms with Gasteiger partial charge in [0.2, 0.25) is 10.0 Å².